The second-order valence-corrected chi connectivity index (χ2v) is 20.4. The van der Waals surface area contributed by atoms with Crippen molar-refractivity contribution in [3.8, 4) is 0 Å². The van der Waals surface area contributed by atoms with Gasteiger partial charge in [-0.1, -0.05) is 167 Å². The molecule has 0 aromatic rings. The number of carbonyl (C=O) groups excluding carboxylic acids is 2. The van der Waals surface area contributed by atoms with Crippen LogP contribution in [0.3, 0.4) is 0 Å². The van der Waals surface area contributed by atoms with Crippen molar-refractivity contribution in [2.75, 3.05) is 39.6 Å². The van der Waals surface area contributed by atoms with Crippen molar-refractivity contribution in [3.63, 3.8) is 0 Å². The molecule has 0 fully saturated rings. The van der Waals surface area contributed by atoms with E-state index in [2.05, 4.69) is 47.2 Å². The van der Waals surface area contributed by atoms with Crippen LogP contribution >= 0.6 is 15.6 Å². The standard InChI is InChI=1S/C49H94O15P2/c1-3-5-7-9-11-13-15-17-19-21-23-25-27-29-31-33-35-37-48(53)59-39-45(50)41-61-65(55,56)63-43-47(52)44-64-66(57,58)62-42-46(51)40-60-49(54)38-36-34-32-30-28-26-24-22-20-18-16-14-12-10-8-6-4-2/h17-20,45-47,50-52H,3-16,21-44H2,1-2H3,(H,55,56)(H,57,58)/b19-17+,20-18+. The first-order chi connectivity index (χ1) is 31.8. The van der Waals surface area contributed by atoms with Crippen LogP contribution in [-0.4, -0.2) is 95.0 Å². The summed E-state index contributed by atoms with van der Waals surface area (Å²) in [6.07, 6.45) is 40.1. The Balaban J connectivity index is 3.86. The fourth-order valence-electron chi connectivity index (χ4n) is 6.85. The number of allylic oxidation sites excluding steroid dienone is 4. The van der Waals surface area contributed by atoms with Gasteiger partial charge in [0, 0.05) is 12.8 Å². The molecule has 4 atom stereocenters. The van der Waals surface area contributed by atoms with Crippen molar-refractivity contribution in [2.24, 2.45) is 0 Å². The molecule has 66 heavy (non-hydrogen) atoms. The number of carbonyl (C=O) groups is 2. The van der Waals surface area contributed by atoms with Crippen molar-refractivity contribution in [1.29, 1.82) is 0 Å². The number of phosphoric ester groups is 2. The quantitative estimate of drug-likeness (QED) is 0.0165. The lowest BCUT2D eigenvalue weighted by Gasteiger charge is -2.19. The number of hydrogen-bond donors (Lipinski definition) is 5. The average molecular weight is 985 g/mol. The molecule has 0 radical (unpaired) electrons. The lowest BCUT2D eigenvalue weighted by atomic mass is 10.1. The van der Waals surface area contributed by atoms with E-state index in [0.717, 1.165) is 51.4 Å². The van der Waals surface area contributed by atoms with Crippen LogP contribution in [0, 0.1) is 0 Å². The lowest BCUT2D eigenvalue weighted by Crippen LogP contribution is -2.25. The zero-order chi connectivity index (χ0) is 48.8. The van der Waals surface area contributed by atoms with E-state index in [-0.39, 0.29) is 12.8 Å². The van der Waals surface area contributed by atoms with Crippen molar-refractivity contribution in [1.82, 2.24) is 0 Å². The Morgan fingerprint density at radius 2 is 0.606 bits per heavy atom. The van der Waals surface area contributed by atoms with E-state index in [9.17, 15) is 43.8 Å². The van der Waals surface area contributed by atoms with Crippen LogP contribution in [0.25, 0.3) is 0 Å². The summed E-state index contributed by atoms with van der Waals surface area (Å²) >= 11 is 0. The van der Waals surface area contributed by atoms with Crippen LogP contribution in [-0.2, 0) is 46.3 Å². The van der Waals surface area contributed by atoms with E-state index in [1.54, 1.807) is 0 Å². The zero-order valence-corrected chi connectivity index (χ0v) is 42.9. The maximum Gasteiger partial charge on any atom is 0.472 e. The van der Waals surface area contributed by atoms with Crippen molar-refractivity contribution < 1.29 is 71.4 Å². The molecule has 0 bridgehead atoms. The molecule has 4 unspecified atom stereocenters. The molecule has 0 aromatic heterocycles. The largest absolute Gasteiger partial charge is 0.472 e. The maximum absolute atomic E-state index is 12.2. The number of aliphatic hydroxyl groups excluding tert-OH is 3. The van der Waals surface area contributed by atoms with Gasteiger partial charge in [-0.15, -0.1) is 0 Å². The number of unbranched alkanes of at least 4 members (excludes halogenated alkanes) is 26. The molecule has 0 saturated carbocycles. The summed E-state index contributed by atoms with van der Waals surface area (Å²) in [6.45, 7) is 0.435. The van der Waals surface area contributed by atoms with Crippen LogP contribution in [0.15, 0.2) is 24.3 Å². The molecule has 0 aliphatic rings. The topological polar surface area (TPSA) is 225 Å². The Bertz CT molecular complexity index is 1190. The first kappa shape index (κ1) is 64.5. The second kappa shape index (κ2) is 45.9. The Morgan fingerprint density at radius 3 is 0.879 bits per heavy atom. The Hall–Kier alpha value is -1.48. The van der Waals surface area contributed by atoms with Gasteiger partial charge in [0.2, 0.25) is 0 Å². The van der Waals surface area contributed by atoms with Crippen LogP contribution in [0.5, 0.6) is 0 Å². The SMILES string of the molecule is CCCCCCCC/C=C/CCCCCCCCCC(=O)OCC(O)COP(=O)(O)OCC(O)COP(=O)(O)OCC(O)COC(=O)CCCCCCCCC/C=C/CCCCCCCC. The Morgan fingerprint density at radius 1 is 0.379 bits per heavy atom. The summed E-state index contributed by atoms with van der Waals surface area (Å²) in [5.74, 6) is -0.998. The molecule has 0 saturated heterocycles. The van der Waals surface area contributed by atoms with Crippen LogP contribution < -0.4 is 0 Å². The molecule has 0 aromatic carbocycles. The van der Waals surface area contributed by atoms with E-state index in [0.29, 0.717) is 12.8 Å². The summed E-state index contributed by atoms with van der Waals surface area (Å²) < 4.78 is 53.1. The third-order valence-electron chi connectivity index (χ3n) is 10.9. The van der Waals surface area contributed by atoms with Gasteiger partial charge in [-0.05, 0) is 64.2 Å². The summed E-state index contributed by atoms with van der Waals surface area (Å²) in [5, 5.41) is 30.1. The summed E-state index contributed by atoms with van der Waals surface area (Å²) in [6, 6.07) is 0. The minimum atomic E-state index is -4.78. The monoisotopic (exact) mass is 985 g/mol. The average Bonchev–Trinajstić information content (AvgIpc) is 3.29. The Labute approximate surface area is 399 Å². The molecule has 15 nitrogen and oxygen atoms in total. The molecule has 0 rings (SSSR count). The fourth-order valence-corrected chi connectivity index (χ4v) is 8.44. The first-order valence-corrected chi connectivity index (χ1v) is 28.7. The van der Waals surface area contributed by atoms with Crippen molar-refractivity contribution >= 4 is 27.6 Å². The highest BCUT2D eigenvalue weighted by molar-refractivity contribution is 7.47. The first-order valence-electron chi connectivity index (χ1n) is 25.7. The molecule has 17 heteroatoms. The predicted molar refractivity (Wildman–Crippen MR) is 261 cm³/mol. The normalized spacial score (nSPS) is 15.2. The van der Waals surface area contributed by atoms with Crippen molar-refractivity contribution in [3.05, 3.63) is 24.3 Å². The molecule has 0 amide bonds. The van der Waals surface area contributed by atoms with E-state index in [1.807, 2.05) is 0 Å². The molecule has 0 heterocycles. The number of phosphoric acid groups is 2. The lowest BCUT2D eigenvalue weighted by molar-refractivity contribution is -0.148. The molecule has 0 aliphatic heterocycles. The summed E-state index contributed by atoms with van der Waals surface area (Å²) in [5.41, 5.74) is 0. The van der Waals surface area contributed by atoms with Gasteiger partial charge in [0.1, 0.15) is 31.5 Å². The number of hydrogen-bond acceptors (Lipinski definition) is 13. The van der Waals surface area contributed by atoms with Crippen LogP contribution in [0.2, 0.25) is 0 Å². The van der Waals surface area contributed by atoms with Crippen molar-refractivity contribution in [2.45, 2.75) is 238 Å². The number of aliphatic hydroxyl groups is 3. The van der Waals surface area contributed by atoms with Gasteiger partial charge in [-0.2, -0.15) is 0 Å². The van der Waals surface area contributed by atoms with E-state index in [4.69, 9.17) is 18.5 Å². The smallest absolute Gasteiger partial charge is 0.463 e. The highest BCUT2D eigenvalue weighted by atomic mass is 31.2. The van der Waals surface area contributed by atoms with E-state index >= 15 is 0 Å². The third-order valence-corrected chi connectivity index (χ3v) is 12.8. The van der Waals surface area contributed by atoms with Gasteiger partial charge in [0.15, 0.2) is 0 Å². The Kier molecular flexibility index (Phi) is 44.9. The summed E-state index contributed by atoms with van der Waals surface area (Å²) in [4.78, 5) is 43.8. The predicted octanol–water partition coefficient (Wildman–Crippen LogP) is 12.1. The van der Waals surface area contributed by atoms with E-state index in [1.165, 1.54) is 128 Å². The number of esters is 2. The molecule has 0 spiro atoms. The minimum Gasteiger partial charge on any atom is -0.463 e. The van der Waals surface area contributed by atoms with Gasteiger partial charge in [-0.25, -0.2) is 9.13 Å². The van der Waals surface area contributed by atoms with Gasteiger partial charge in [-0.3, -0.25) is 27.7 Å². The van der Waals surface area contributed by atoms with E-state index < -0.39 is 85.5 Å². The zero-order valence-electron chi connectivity index (χ0n) is 41.1. The molecular formula is C49H94O15P2. The fraction of sp³-hybridized carbons (Fsp3) is 0.878. The van der Waals surface area contributed by atoms with Gasteiger partial charge < -0.3 is 34.6 Å². The summed E-state index contributed by atoms with van der Waals surface area (Å²) in [7, 11) is -9.57. The third kappa shape index (κ3) is 47.6. The highest BCUT2D eigenvalue weighted by Crippen LogP contribution is 2.45. The second-order valence-electron chi connectivity index (χ2n) is 17.5. The number of rotatable bonds is 50. The maximum atomic E-state index is 12.2. The highest BCUT2D eigenvalue weighted by Gasteiger charge is 2.28. The number of ether oxygens (including phenoxy) is 2. The molecule has 0 aliphatic carbocycles. The molecule has 5 N–H and O–H groups in total. The molecule has 390 valence electrons. The van der Waals surface area contributed by atoms with Crippen LogP contribution in [0.1, 0.15) is 219 Å². The van der Waals surface area contributed by atoms with Gasteiger partial charge >= 0.3 is 27.6 Å². The van der Waals surface area contributed by atoms with Gasteiger partial charge in [0.05, 0.1) is 26.4 Å². The minimum absolute atomic E-state index is 0.193. The molecular weight excluding hydrogens is 890 g/mol. The van der Waals surface area contributed by atoms with Gasteiger partial charge in [0.25, 0.3) is 0 Å². The van der Waals surface area contributed by atoms with Crippen LogP contribution in [0.4, 0.5) is 0 Å².